The number of unbranched alkanes of at least 4 members (excludes halogenated alkanes) is 2. The van der Waals surface area contributed by atoms with Crippen molar-refractivity contribution in [3.8, 4) is 0 Å². The first kappa shape index (κ1) is 35.0. The fourth-order valence-corrected chi connectivity index (χ4v) is 2.87. The molecule has 0 aliphatic rings. The molecule has 2 amide bonds. The van der Waals surface area contributed by atoms with E-state index in [-0.39, 0.29) is 11.8 Å². The predicted octanol–water partition coefficient (Wildman–Crippen LogP) is 2.75. The van der Waals surface area contributed by atoms with Crippen LogP contribution in [0.2, 0.25) is 0 Å². The topological polar surface area (TPSA) is 120 Å². The quantitative estimate of drug-likeness (QED) is 0.165. The lowest BCUT2D eigenvalue weighted by molar-refractivity contribution is -0.129. The Labute approximate surface area is 215 Å². The van der Waals surface area contributed by atoms with Crippen LogP contribution in [-0.2, 0) is 16.0 Å². The molecule has 0 aliphatic carbocycles. The molecule has 0 bridgehead atoms. The first-order valence-corrected chi connectivity index (χ1v) is 13.2. The third-order valence-corrected chi connectivity index (χ3v) is 5.24. The number of hydrogen-bond donors (Lipinski definition) is 6. The molecule has 8 heteroatoms. The lowest BCUT2D eigenvalue weighted by atomic mass is 9.99. The zero-order valence-electron chi connectivity index (χ0n) is 23.5. The van der Waals surface area contributed by atoms with Gasteiger partial charge in [0.2, 0.25) is 11.8 Å². The van der Waals surface area contributed by atoms with Crippen molar-refractivity contribution in [1.82, 2.24) is 26.6 Å². The highest BCUT2D eigenvalue weighted by atomic mass is 16.2. The highest BCUT2D eigenvalue weighted by Gasteiger charge is 2.21. The molecule has 1 rings (SSSR count). The number of hydrogen-bond acceptors (Lipinski definition) is 6. The normalized spacial score (nSPS) is 10.8. The van der Waals surface area contributed by atoms with E-state index in [1.54, 1.807) is 0 Å². The molecule has 7 N–H and O–H groups in total. The van der Waals surface area contributed by atoms with Crippen molar-refractivity contribution in [1.29, 1.82) is 0 Å². The Bertz CT molecular complexity index is 647. The second-order valence-electron chi connectivity index (χ2n) is 8.38. The van der Waals surface area contributed by atoms with E-state index >= 15 is 0 Å². The Balaban J connectivity index is 0. The molecule has 0 heterocycles. The summed E-state index contributed by atoms with van der Waals surface area (Å²) >= 11 is 0. The zero-order valence-corrected chi connectivity index (χ0v) is 23.5. The number of nitrogens with two attached hydrogens (primary N) is 1. The maximum atomic E-state index is 12.7. The molecule has 0 radical (unpaired) electrons. The van der Waals surface area contributed by atoms with Crippen molar-refractivity contribution in [2.45, 2.75) is 79.2 Å². The zero-order chi connectivity index (χ0) is 26.9. The summed E-state index contributed by atoms with van der Waals surface area (Å²) in [5, 5.41) is 15.0. The van der Waals surface area contributed by atoms with Gasteiger partial charge in [-0.3, -0.25) is 9.59 Å². The van der Waals surface area contributed by atoms with Crippen molar-refractivity contribution < 1.29 is 9.59 Å². The Morgan fingerprint density at radius 1 is 0.914 bits per heavy atom. The summed E-state index contributed by atoms with van der Waals surface area (Å²) in [5.41, 5.74) is 8.56. The van der Waals surface area contributed by atoms with Crippen LogP contribution in [0.1, 0.15) is 70.9 Å². The van der Waals surface area contributed by atoms with Gasteiger partial charge in [0.25, 0.3) is 0 Å². The molecule has 0 fully saturated rings. The fourth-order valence-electron chi connectivity index (χ4n) is 2.87. The van der Waals surface area contributed by atoms with E-state index in [1.165, 1.54) is 0 Å². The van der Waals surface area contributed by atoms with Crippen LogP contribution in [0, 0.1) is 6.92 Å². The molecule has 35 heavy (non-hydrogen) atoms. The van der Waals surface area contributed by atoms with Crippen LogP contribution in [0.5, 0.6) is 0 Å². The number of carbonyl (C=O) groups is 2. The average Bonchev–Trinajstić information content (AvgIpc) is 2.86. The van der Waals surface area contributed by atoms with Gasteiger partial charge in [0.1, 0.15) is 6.04 Å². The minimum absolute atomic E-state index is 0.0720. The molecule has 1 atom stereocenters. The lowest BCUT2D eigenvalue weighted by Crippen LogP contribution is -2.48. The molecule has 0 aromatic heterocycles. The molecule has 1 unspecified atom stereocenters. The summed E-state index contributed by atoms with van der Waals surface area (Å²) in [6.45, 7) is 14.9. The van der Waals surface area contributed by atoms with Gasteiger partial charge in [-0.25, -0.2) is 0 Å². The Morgan fingerprint density at radius 2 is 1.51 bits per heavy atom. The van der Waals surface area contributed by atoms with Crippen LogP contribution in [0.15, 0.2) is 18.2 Å². The van der Waals surface area contributed by atoms with Crippen molar-refractivity contribution in [3.63, 3.8) is 0 Å². The van der Waals surface area contributed by atoms with Crippen molar-refractivity contribution in [2.24, 2.45) is 0 Å². The van der Waals surface area contributed by atoms with Crippen LogP contribution in [0.25, 0.3) is 0 Å². The number of nitrogen functional groups attached to an aromatic ring is 1. The van der Waals surface area contributed by atoms with Crippen molar-refractivity contribution in [3.05, 3.63) is 29.3 Å². The SMILES string of the molecule is CCCCC(=O)NC(Cc1ccc(N)cc1C)C(=O)NCCCCNCC.CCNC.CCNC. The number of aryl methyl sites for hydroxylation is 1. The highest BCUT2D eigenvalue weighted by Crippen LogP contribution is 2.15. The molecule has 0 saturated carbocycles. The van der Waals surface area contributed by atoms with Gasteiger partial charge in [-0.05, 0) is 89.7 Å². The molecule has 8 nitrogen and oxygen atoms in total. The van der Waals surface area contributed by atoms with Gasteiger partial charge >= 0.3 is 0 Å². The highest BCUT2D eigenvalue weighted by molar-refractivity contribution is 5.87. The van der Waals surface area contributed by atoms with E-state index in [0.29, 0.717) is 25.1 Å². The van der Waals surface area contributed by atoms with Gasteiger partial charge in [0, 0.05) is 25.1 Å². The van der Waals surface area contributed by atoms with Crippen molar-refractivity contribution in [2.75, 3.05) is 52.6 Å². The first-order valence-electron chi connectivity index (χ1n) is 13.2. The predicted molar refractivity (Wildman–Crippen MR) is 151 cm³/mol. The third-order valence-electron chi connectivity index (χ3n) is 5.24. The molecule has 1 aromatic rings. The molecular formula is C27H54N6O2. The number of carbonyl (C=O) groups excluding carboxylic acids is 2. The summed E-state index contributed by atoms with van der Waals surface area (Å²) < 4.78 is 0. The summed E-state index contributed by atoms with van der Waals surface area (Å²) in [4.78, 5) is 24.8. The molecule has 0 aliphatic heterocycles. The third kappa shape index (κ3) is 20.9. The number of amides is 2. The van der Waals surface area contributed by atoms with Gasteiger partial charge in [-0.15, -0.1) is 0 Å². The minimum atomic E-state index is -0.564. The average molecular weight is 495 g/mol. The summed E-state index contributed by atoms with van der Waals surface area (Å²) in [6, 6.07) is 5.09. The van der Waals surface area contributed by atoms with E-state index in [2.05, 4.69) is 47.4 Å². The Hall–Kier alpha value is -2.16. The second-order valence-corrected chi connectivity index (χ2v) is 8.38. The van der Waals surface area contributed by atoms with Gasteiger partial charge in [0.15, 0.2) is 0 Å². The van der Waals surface area contributed by atoms with E-state index < -0.39 is 6.04 Å². The molecule has 0 spiro atoms. The summed E-state index contributed by atoms with van der Waals surface area (Å²) in [6.07, 6.45) is 4.62. The number of benzene rings is 1. The molecular weight excluding hydrogens is 440 g/mol. The van der Waals surface area contributed by atoms with Crippen LogP contribution in [-0.4, -0.2) is 64.7 Å². The number of nitrogens with one attached hydrogen (secondary N) is 5. The maximum Gasteiger partial charge on any atom is 0.242 e. The first-order chi connectivity index (χ1) is 16.8. The van der Waals surface area contributed by atoms with Gasteiger partial charge < -0.3 is 32.3 Å². The molecule has 204 valence electrons. The largest absolute Gasteiger partial charge is 0.399 e. The Kier molecular flexibility index (Phi) is 25.0. The van der Waals surface area contributed by atoms with E-state index in [1.807, 2.05) is 46.1 Å². The molecule has 0 saturated heterocycles. The maximum absolute atomic E-state index is 12.7. The smallest absolute Gasteiger partial charge is 0.242 e. The second kappa shape index (κ2) is 24.9. The van der Waals surface area contributed by atoms with E-state index in [0.717, 1.165) is 63.0 Å². The summed E-state index contributed by atoms with van der Waals surface area (Å²) in [7, 11) is 3.86. The van der Waals surface area contributed by atoms with Crippen LogP contribution in [0.4, 0.5) is 5.69 Å². The van der Waals surface area contributed by atoms with E-state index in [9.17, 15) is 9.59 Å². The van der Waals surface area contributed by atoms with Gasteiger partial charge in [-0.2, -0.15) is 0 Å². The fraction of sp³-hybridized carbons (Fsp3) is 0.704. The van der Waals surface area contributed by atoms with Gasteiger partial charge in [0.05, 0.1) is 0 Å². The summed E-state index contributed by atoms with van der Waals surface area (Å²) in [5.74, 6) is -0.197. The van der Waals surface area contributed by atoms with Crippen molar-refractivity contribution >= 4 is 17.5 Å². The van der Waals surface area contributed by atoms with Crippen LogP contribution in [0.3, 0.4) is 0 Å². The monoisotopic (exact) mass is 494 g/mol. The number of anilines is 1. The van der Waals surface area contributed by atoms with Crippen LogP contribution < -0.4 is 32.3 Å². The standard InChI is InChI=1S/C21H36N4O2.2C3H9N/c1-4-6-9-20(26)25-19(15-17-10-11-18(22)14-16(17)3)21(27)24-13-8-7-12-23-5-2;2*1-3-4-2/h10-11,14,19,23H,4-9,12-13,15,22H2,1-3H3,(H,24,27)(H,25,26);2*4H,3H2,1-2H3. The minimum Gasteiger partial charge on any atom is -0.399 e. The molecule has 1 aromatic carbocycles. The lowest BCUT2D eigenvalue weighted by Gasteiger charge is -2.20. The van der Waals surface area contributed by atoms with Crippen LogP contribution >= 0.6 is 0 Å². The number of rotatable bonds is 15. The van der Waals surface area contributed by atoms with Gasteiger partial charge in [-0.1, -0.05) is 40.2 Å². The Morgan fingerprint density at radius 3 is 2.03 bits per heavy atom. The van der Waals surface area contributed by atoms with E-state index in [4.69, 9.17) is 5.73 Å².